The first-order valence-electron chi connectivity index (χ1n) is 2.80. The molecule has 2 aliphatic rings. The van der Waals surface area contributed by atoms with E-state index < -0.39 is 6.04 Å². The van der Waals surface area contributed by atoms with Gasteiger partial charge in [0, 0.05) is 0 Å². The number of hydrogen-bond acceptors (Lipinski definition) is 4. The Balaban J connectivity index is 2.40. The molecule has 1 N–H and O–H groups in total. The van der Waals surface area contributed by atoms with Crippen LogP contribution < -0.4 is 5.43 Å². The Labute approximate surface area is 56.6 Å². The summed E-state index contributed by atoms with van der Waals surface area (Å²) in [6.07, 6.45) is 2.76. The van der Waals surface area contributed by atoms with Crippen LogP contribution in [0.15, 0.2) is 15.1 Å². The molecular formula is C5H4N4O. The van der Waals surface area contributed by atoms with E-state index in [1.165, 1.54) is 12.6 Å². The van der Waals surface area contributed by atoms with Crippen LogP contribution in [0.3, 0.4) is 0 Å². The summed E-state index contributed by atoms with van der Waals surface area (Å²) in [4.78, 5) is 18.2. The fourth-order valence-corrected chi connectivity index (χ4v) is 0.835. The average molecular weight is 136 g/mol. The van der Waals surface area contributed by atoms with Gasteiger partial charge >= 0.3 is 0 Å². The van der Waals surface area contributed by atoms with Gasteiger partial charge in [-0.15, -0.1) is 0 Å². The Morgan fingerprint density at radius 3 is 3.30 bits per heavy atom. The van der Waals surface area contributed by atoms with E-state index in [1.807, 2.05) is 0 Å². The molecule has 5 heteroatoms. The van der Waals surface area contributed by atoms with Gasteiger partial charge < -0.3 is 0 Å². The van der Waals surface area contributed by atoms with Gasteiger partial charge in [0.2, 0.25) is 0 Å². The molecule has 0 fully saturated rings. The standard InChI is InChI=1S/C5H4N4O/c10-5-4-3(1-8-9-4)6-2-7-5/h1-2,4,9H/t4-/m1/s1. The van der Waals surface area contributed by atoms with Gasteiger partial charge in [-0.05, 0) is 0 Å². The number of nitrogens with one attached hydrogen (secondary N) is 1. The van der Waals surface area contributed by atoms with Crippen molar-refractivity contribution in [1.82, 2.24) is 5.43 Å². The van der Waals surface area contributed by atoms with Gasteiger partial charge in [-0.25, -0.2) is 4.99 Å². The third-order valence-electron chi connectivity index (χ3n) is 1.33. The second-order valence-electron chi connectivity index (χ2n) is 1.96. The van der Waals surface area contributed by atoms with Crippen LogP contribution >= 0.6 is 0 Å². The zero-order chi connectivity index (χ0) is 6.97. The Hall–Kier alpha value is -1.52. The predicted molar refractivity (Wildman–Crippen MR) is 36.3 cm³/mol. The first kappa shape index (κ1) is 5.28. The number of hydrogen-bond donors (Lipinski definition) is 1. The summed E-state index contributed by atoms with van der Waals surface area (Å²) in [5.74, 6) is -0.234. The molecule has 0 unspecified atom stereocenters. The highest BCUT2D eigenvalue weighted by Crippen LogP contribution is 2.00. The molecule has 0 aromatic rings. The number of nitrogens with zero attached hydrogens (tertiary/aromatic N) is 3. The van der Waals surface area contributed by atoms with Crippen molar-refractivity contribution >= 4 is 24.2 Å². The minimum atomic E-state index is -0.426. The lowest BCUT2D eigenvalue weighted by Crippen LogP contribution is -2.37. The van der Waals surface area contributed by atoms with Gasteiger partial charge in [0.05, 0.1) is 11.9 Å². The number of carbonyl (C=O) groups excluding carboxylic acids is 1. The van der Waals surface area contributed by atoms with Gasteiger partial charge in [-0.3, -0.25) is 10.2 Å². The Bertz CT molecular complexity index is 265. The van der Waals surface area contributed by atoms with Gasteiger partial charge in [-0.1, -0.05) is 0 Å². The van der Waals surface area contributed by atoms with E-state index in [2.05, 4.69) is 20.5 Å². The summed E-state index contributed by atoms with van der Waals surface area (Å²) >= 11 is 0. The minimum absolute atomic E-state index is 0.234. The second-order valence-corrected chi connectivity index (χ2v) is 1.96. The van der Waals surface area contributed by atoms with Crippen LogP contribution in [0.4, 0.5) is 0 Å². The van der Waals surface area contributed by atoms with Crippen molar-refractivity contribution in [2.45, 2.75) is 6.04 Å². The summed E-state index contributed by atoms with van der Waals surface area (Å²) < 4.78 is 0. The monoisotopic (exact) mass is 136 g/mol. The normalized spacial score (nSPS) is 27.8. The molecule has 0 radical (unpaired) electrons. The fourth-order valence-electron chi connectivity index (χ4n) is 0.835. The molecular weight excluding hydrogens is 132 g/mol. The quantitative estimate of drug-likeness (QED) is 0.462. The van der Waals surface area contributed by atoms with Crippen LogP contribution in [0.2, 0.25) is 0 Å². The topological polar surface area (TPSA) is 66.2 Å². The van der Waals surface area contributed by atoms with Crippen molar-refractivity contribution in [3.05, 3.63) is 0 Å². The van der Waals surface area contributed by atoms with Crippen LogP contribution in [0.25, 0.3) is 0 Å². The number of amides is 1. The van der Waals surface area contributed by atoms with E-state index in [4.69, 9.17) is 0 Å². The molecule has 0 aromatic carbocycles. The maximum Gasteiger partial charge on any atom is 0.277 e. The summed E-state index contributed by atoms with van der Waals surface area (Å²) in [6, 6.07) is -0.426. The maximum atomic E-state index is 10.9. The highest BCUT2D eigenvalue weighted by Gasteiger charge is 2.27. The van der Waals surface area contributed by atoms with E-state index in [1.54, 1.807) is 0 Å². The molecule has 2 aliphatic heterocycles. The van der Waals surface area contributed by atoms with E-state index in [0.717, 1.165) is 0 Å². The number of aliphatic imine (C=N–C) groups is 2. The number of carbonyl (C=O) groups is 1. The number of hydrazone groups is 1. The van der Waals surface area contributed by atoms with E-state index in [-0.39, 0.29) is 5.91 Å². The zero-order valence-corrected chi connectivity index (χ0v) is 4.98. The SMILES string of the molecule is O=C1N=CN=C2C=NN[C@@H]12. The Morgan fingerprint density at radius 2 is 2.50 bits per heavy atom. The number of rotatable bonds is 0. The highest BCUT2D eigenvalue weighted by atomic mass is 16.2. The summed E-state index contributed by atoms with van der Waals surface area (Å²) in [5.41, 5.74) is 3.22. The molecule has 1 amide bonds. The lowest BCUT2D eigenvalue weighted by Gasteiger charge is -2.07. The smallest absolute Gasteiger partial charge is 0.277 e. The molecule has 0 spiro atoms. The van der Waals surface area contributed by atoms with Crippen molar-refractivity contribution in [1.29, 1.82) is 0 Å². The first-order valence-corrected chi connectivity index (χ1v) is 2.80. The summed E-state index contributed by atoms with van der Waals surface area (Å²) in [7, 11) is 0. The molecule has 2 rings (SSSR count). The van der Waals surface area contributed by atoms with Gasteiger partial charge in [0.25, 0.3) is 5.91 Å². The summed E-state index contributed by atoms with van der Waals surface area (Å²) in [6.45, 7) is 0. The van der Waals surface area contributed by atoms with Crippen molar-refractivity contribution < 1.29 is 4.79 Å². The largest absolute Gasteiger partial charge is 0.291 e. The molecule has 1 atom stereocenters. The van der Waals surface area contributed by atoms with E-state index >= 15 is 0 Å². The van der Waals surface area contributed by atoms with E-state index in [9.17, 15) is 4.79 Å². The van der Waals surface area contributed by atoms with Crippen LogP contribution in [0.1, 0.15) is 0 Å². The minimum Gasteiger partial charge on any atom is -0.291 e. The maximum absolute atomic E-state index is 10.9. The fraction of sp³-hybridized carbons (Fsp3) is 0.200. The first-order chi connectivity index (χ1) is 4.88. The molecule has 0 aliphatic carbocycles. The molecule has 0 saturated heterocycles. The van der Waals surface area contributed by atoms with Gasteiger partial charge in [-0.2, -0.15) is 10.1 Å². The lowest BCUT2D eigenvalue weighted by molar-refractivity contribution is -0.118. The van der Waals surface area contributed by atoms with Crippen LogP contribution in [0.5, 0.6) is 0 Å². The molecule has 10 heavy (non-hydrogen) atoms. The second kappa shape index (κ2) is 1.73. The van der Waals surface area contributed by atoms with Crippen LogP contribution in [-0.4, -0.2) is 30.2 Å². The third-order valence-corrected chi connectivity index (χ3v) is 1.33. The van der Waals surface area contributed by atoms with Crippen LogP contribution in [0, 0.1) is 0 Å². The molecule has 5 nitrogen and oxygen atoms in total. The summed E-state index contributed by atoms with van der Waals surface area (Å²) in [5, 5.41) is 3.67. The Kier molecular flexibility index (Phi) is 0.913. The molecule has 0 aromatic heterocycles. The third kappa shape index (κ3) is 0.570. The van der Waals surface area contributed by atoms with Crippen molar-refractivity contribution in [2.24, 2.45) is 15.1 Å². The van der Waals surface area contributed by atoms with Crippen molar-refractivity contribution in [3.63, 3.8) is 0 Å². The number of fused-ring (bicyclic) bond motifs is 1. The average Bonchev–Trinajstić information content (AvgIpc) is 2.36. The molecule has 2 heterocycles. The Morgan fingerprint density at radius 1 is 1.60 bits per heavy atom. The predicted octanol–water partition coefficient (Wildman–Crippen LogP) is -1.05. The van der Waals surface area contributed by atoms with E-state index in [0.29, 0.717) is 5.71 Å². The van der Waals surface area contributed by atoms with Crippen molar-refractivity contribution in [3.8, 4) is 0 Å². The van der Waals surface area contributed by atoms with Crippen molar-refractivity contribution in [2.75, 3.05) is 0 Å². The van der Waals surface area contributed by atoms with Gasteiger partial charge in [0.1, 0.15) is 6.34 Å². The molecule has 50 valence electrons. The molecule has 0 bridgehead atoms. The van der Waals surface area contributed by atoms with Gasteiger partial charge in [0.15, 0.2) is 6.04 Å². The molecule has 0 saturated carbocycles. The highest BCUT2D eigenvalue weighted by molar-refractivity contribution is 6.41. The lowest BCUT2D eigenvalue weighted by atomic mass is 10.2. The zero-order valence-electron chi connectivity index (χ0n) is 4.98. The van der Waals surface area contributed by atoms with Crippen LogP contribution in [-0.2, 0) is 4.79 Å².